The Bertz CT molecular complexity index is 689. The lowest BCUT2D eigenvalue weighted by atomic mass is 10.0. The predicted molar refractivity (Wildman–Crippen MR) is 74.2 cm³/mol. The van der Waals surface area contributed by atoms with E-state index in [2.05, 4.69) is 46.3 Å². The van der Waals surface area contributed by atoms with E-state index in [0.29, 0.717) is 0 Å². The molecule has 0 nitrogen and oxygen atoms in total. The van der Waals surface area contributed by atoms with Crippen molar-refractivity contribution in [2.24, 2.45) is 0 Å². The van der Waals surface area contributed by atoms with Gasteiger partial charge < -0.3 is 0 Å². The first-order chi connectivity index (χ1) is 7.75. The highest BCUT2D eigenvalue weighted by Gasteiger charge is 2.05. The third-order valence-corrected chi connectivity index (χ3v) is 3.66. The van der Waals surface area contributed by atoms with Gasteiger partial charge in [-0.05, 0) is 29.0 Å². The van der Waals surface area contributed by atoms with Crippen LogP contribution in [-0.4, -0.2) is 0 Å². The fraction of sp³-hybridized carbons (Fsp3) is 0. The van der Waals surface area contributed by atoms with Crippen LogP contribution in [0.15, 0.2) is 53.0 Å². The average Bonchev–Trinajstić information content (AvgIpc) is 2.31. The SMILES string of the molecule is Clc1c2ccccc2cc2ccc(Br)cc12. The van der Waals surface area contributed by atoms with E-state index < -0.39 is 0 Å². The maximum atomic E-state index is 6.43. The summed E-state index contributed by atoms with van der Waals surface area (Å²) in [6, 6.07) is 16.5. The molecule has 0 N–H and O–H groups in total. The van der Waals surface area contributed by atoms with E-state index in [1.165, 1.54) is 10.8 Å². The number of benzene rings is 3. The van der Waals surface area contributed by atoms with Gasteiger partial charge in [-0.2, -0.15) is 0 Å². The maximum absolute atomic E-state index is 6.43. The summed E-state index contributed by atoms with van der Waals surface area (Å²) in [5.74, 6) is 0. The van der Waals surface area contributed by atoms with Gasteiger partial charge in [-0.25, -0.2) is 0 Å². The topological polar surface area (TPSA) is 0 Å². The van der Waals surface area contributed by atoms with E-state index >= 15 is 0 Å². The van der Waals surface area contributed by atoms with Crippen LogP contribution < -0.4 is 0 Å². The van der Waals surface area contributed by atoms with E-state index in [1.807, 2.05) is 18.2 Å². The molecule has 0 spiro atoms. The Kier molecular flexibility index (Phi) is 2.38. The zero-order valence-electron chi connectivity index (χ0n) is 8.37. The van der Waals surface area contributed by atoms with Crippen LogP contribution in [0.4, 0.5) is 0 Å². The molecule has 0 fully saturated rings. The van der Waals surface area contributed by atoms with E-state index in [0.717, 1.165) is 20.3 Å². The maximum Gasteiger partial charge on any atom is 0.0563 e. The van der Waals surface area contributed by atoms with Crippen molar-refractivity contribution in [1.29, 1.82) is 0 Å². The molecule has 3 aromatic carbocycles. The monoisotopic (exact) mass is 290 g/mol. The second-order valence-corrected chi connectivity index (χ2v) is 5.07. The van der Waals surface area contributed by atoms with Crippen LogP contribution in [0, 0.1) is 0 Å². The summed E-state index contributed by atoms with van der Waals surface area (Å²) in [6.45, 7) is 0. The van der Waals surface area contributed by atoms with Gasteiger partial charge in [-0.3, -0.25) is 0 Å². The quantitative estimate of drug-likeness (QED) is 0.486. The first-order valence-corrected chi connectivity index (χ1v) is 6.19. The van der Waals surface area contributed by atoms with Crippen LogP contribution in [-0.2, 0) is 0 Å². The molecule has 0 heterocycles. The molecule has 0 saturated carbocycles. The van der Waals surface area contributed by atoms with Gasteiger partial charge in [0.25, 0.3) is 0 Å². The first kappa shape index (κ1) is 10.1. The Morgan fingerprint density at radius 1 is 0.812 bits per heavy atom. The van der Waals surface area contributed by atoms with Gasteiger partial charge in [-0.15, -0.1) is 0 Å². The van der Waals surface area contributed by atoms with E-state index in [4.69, 9.17) is 11.6 Å². The third kappa shape index (κ3) is 1.51. The lowest BCUT2D eigenvalue weighted by Crippen LogP contribution is -1.79. The highest BCUT2D eigenvalue weighted by Crippen LogP contribution is 2.33. The molecule has 3 rings (SSSR count). The molecule has 0 amide bonds. The van der Waals surface area contributed by atoms with Crippen LogP contribution in [0.2, 0.25) is 5.02 Å². The molecular weight excluding hydrogens is 284 g/mol. The number of fused-ring (bicyclic) bond motifs is 2. The van der Waals surface area contributed by atoms with Gasteiger partial charge >= 0.3 is 0 Å². The highest BCUT2D eigenvalue weighted by atomic mass is 79.9. The summed E-state index contributed by atoms with van der Waals surface area (Å²) in [4.78, 5) is 0. The lowest BCUT2D eigenvalue weighted by molar-refractivity contribution is 1.72. The molecule has 78 valence electrons. The molecule has 2 heteroatoms. The van der Waals surface area contributed by atoms with Crippen molar-refractivity contribution in [2.75, 3.05) is 0 Å². The number of hydrogen-bond acceptors (Lipinski definition) is 0. The van der Waals surface area contributed by atoms with Gasteiger partial charge in [0, 0.05) is 15.2 Å². The predicted octanol–water partition coefficient (Wildman–Crippen LogP) is 5.41. The van der Waals surface area contributed by atoms with Gasteiger partial charge in [0.05, 0.1) is 5.02 Å². The summed E-state index contributed by atoms with van der Waals surface area (Å²) < 4.78 is 1.05. The summed E-state index contributed by atoms with van der Waals surface area (Å²) >= 11 is 9.90. The zero-order valence-corrected chi connectivity index (χ0v) is 10.7. The Hall–Kier alpha value is -1.05. The van der Waals surface area contributed by atoms with Crippen LogP contribution in [0.5, 0.6) is 0 Å². The Morgan fingerprint density at radius 3 is 2.44 bits per heavy atom. The van der Waals surface area contributed by atoms with Crippen LogP contribution >= 0.6 is 27.5 Å². The molecule has 0 aliphatic rings. The molecular formula is C14H8BrCl. The number of rotatable bonds is 0. The summed E-state index contributed by atoms with van der Waals surface area (Å²) in [5, 5.41) is 5.38. The standard InChI is InChI=1S/C14H8BrCl/c15-11-6-5-10-7-9-3-1-2-4-12(9)14(16)13(10)8-11/h1-8H. The number of hydrogen-bond donors (Lipinski definition) is 0. The molecule has 16 heavy (non-hydrogen) atoms. The average molecular weight is 292 g/mol. The Labute approximate surface area is 107 Å². The van der Waals surface area contributed by atoms with E-state index in [1.54, 1.807) is 0 Å². The van der Waals surface area contributed by atoms with Crippen molar-refractivity contribution in [3.8, 4) is 0 Å². The van der Waals surface area contributed by atoms with Crippen LogP contribution in [0.25, 0.3) is 21.5 Å². The van der Waals surface area contributed by atoms with Gasteiger partial charge in [0.2, 0.25) is 0 Å². The van der Waals surface area contributed by atoms with Gasteiger partial charge in [0.15, 0.2) is 0 Å². The van der Waals surface area contributed by atoms with Crippen LogP contribution in [0.1, 0.15) is 0 Å². The lowest BCUT2D eigenvalue weighted by Gasteiger charge is -2.06. The normalized spacial score (nSPS) is 11.1. The molecule has 0 bridgehead atoms. The Balaban J connectivity index is 2.56. The molecule has 0 atom stereocenters. The second-order valence-electron chi connectivity index (χ2n) is 3.78. The minimum absolute atomic E-state index is 0.828. The molecule has 0 aliphatic carbocycles. The fourth-order valence-electron chi connectivity index (χ4n) is 1.98. The zero-order chi connectivity index (χ0) is 11.1. The molecule has 3 aromatic rings. The summed E-state index contributed by atoms with van der Waals surface area (Å²) in [5.41, 5.74) is 0. The Morgan fingerprint density at radius 2 is 1.56 bits per heavy atom. The van der Waals surface area contributed by atoms with Crippen molar-refractivity contribution in [3.63, 3.8) is 0 Å². The summed E-state index contributed by atoms with van der Waals surface area (Å²) in [6.07, 6.45) is 0. The molecule has 0 radical (unpaired) electrons. The number of halogens is 2. The molecule has 0 aromatic heterocycles. The van der Waals surface area contributed by atoms with E-state index in [9.17, 15) is 0 Å². The molecule has 0 aliphatic heterocycles. The van der Waals surface area contributed by atoms with Crippen molar-refractivity contribution < 1.29 is 0 Å². The smallest absolute Gasteiger partial charge is 0.0563 e. The second kappa shape index (κ2) is 3.76. The van der Waals surface area contributed by atoms with E-state index in [-0.39, 0.29) is 0 Å². The van der Waals surface area contributed by atoms with Crippen molar-refractivity contribution >= 4 is 49.1 Å². The van der Waals surface area contributed by atoms with Crippen molar-refractivity contribution in [2.45, 2.75) is 0 Å². The van der Waals surface area contributed by atoms with Crippen molar-refractivity contribution in [3.05, 3.63) is 58.0 Å². The van der Waals surface area contributed by atoms with Gasteiger partial charge in [-0.1, -0.05) is 57.9 Å². The van der Waals surface area contributed by atoms with Crippen LogP contribution in [0.3, 0.4) is 0 Å². The van der Waals surface area contributed by atoms with Crippen molar-refractivity contribution in [1.82, 2.24) is 0 Å². The first-order valence-electron chi connectivity index (χ1n) is 5.02. The molecule has 0 saturated heterocycles. The summed E-state index contributed by atoms with van der Waals surface area (Å²) in [7, 11) is 0. The minimum Gasteiger partial charge on any atom is -0.0830 e. The molecule has 0 unspecified atom stereocenters. The third-order valence-electron chi connectivity index (χ3n) is 2.76. The largest absolute Gasteiger partial charge is 0.0830 e. The highest BCUT2D eigenvalue weighted by molar-refractivity contribution is 9.10. The minimum atomic E-state index is 0.828. The fourth-order valence-corrected chi connectivity index (χ4v) is 2.68. The van der Waals surface area contributed by atoms with Gasteiger partial charge in [0.1, 0.15) is 0 Å².